The van der Waals surface area contributed by atoms with Crippen molar-refractivity contribution in [1.29, 1.82) is 0 Å². The third-order valence-electron chi connectivity index (χ3n) is 5.46. The van der Waals surface area contributed by atoms with Crippen molar-refractivity contribution in [3.63, 3.8) is 0 Å². The number of nitrogens with zero attached hydrogens (tertiary/aromatic N) is 5. The second-order valence-electron chi connectivity index (χ2n) is 7.78. The predicted molar refractivity (Wildman–Crippen MR) is 129 cm³/mol. The minimum Gasteiger partial charge on any atom is -0.343 e. The molecule has 0 radical (unpaired) electrons. The predicted octanol–water partition coefficient (Wildman–Crippen LogP) is 1.88. The number of amides is 2. The maximum absolute atomic E-state index is 12.7. The lowest BCUT2D eigenvalue weighted by Gasteiger charge is -2.09. The van der Waals surface area contributed by atoms with Gasteiger partial charge in [0, 0.05) is 30.1 Å². The Morgan fingerprint density at radius 3 is 2.66 bits per heavy atom. The van der Waals surface area contributed by atoms with Crippen LogP contribution in [0.2, 0.25) is 0 Å². The summed E-state index contributed by atoms with van der Waals surface area (Å²) in [6, 6.07) is 15.9. The van der Waals surface area contributed by atoms with E-state index >= 15 is 0 Å². The zero-order chi connectivity index (χ0) is 24.4. The van der Waals surface area contributed by atoms with Gasteiger partial charge in [-0.05, 0) is 48.0 Å². The van der Waals surface area contributed by atoms with Gasteiger partial charge in [0.1, 0.15) is 12.7 Å². The lowest BCUT2D eigenvalue weighted by Crippen LogP contribution is -2.32. The molecule has 0 aliphatic carbocycles. The number of benzene rings is 2. The van der Waals surface area contributed by atoms with Gasteiger partial charge in [-0.3, -0.25) is 19.1 Å². The Labute approximate surface area is 198 Å². The van der Waals surface area contributed by atoms with Crippen molar-refractivity contribution in [2.75, 3.05) is 11.9 Å². The molecule has 5 aromatic rings. The number of fused-ring (bicyclic) bond motifs is 1. The molecular formula is C24H20N8O3. The van der Waals surface area contributed by atoms with E-state index in [1.54, 1.807) is 66.7 Å². The Morgan fingerprint density at radius 2 is 1.89 bits per heavy atom. The number of anilines is 1. The maximum Gasteiger partial charge on any atom is 0.327 e. The SMILES string of the molecule is Cn1c(=O)[nH]c2ncc(-c3cccc(C(=O)NCC(=O)Nc4ccc(-n5cncn5)cc4)c3)cc21. The molecule has 35 heavy (non-hydrogen) atoms. The summed E-state index contributed by atoms with van der Waals surface area (Å²) in [5.74, 6) is -0.738. The van der Waals surface area contributed by atoms with E-state index in [1.165, 1.54) is 10.9 Å². The summed E-state index contributed by atoms with van der Waals surface area (Å²) in [7, 11) is 1.66. The second-order valence-corrected chi connectivity index (χ2v) is 7.78. The van der Waals surface area contributed by atoms with Gasteiger partial charge in [-0.15, -0.1) is 0 Å². The Kier molecular flexibility index (Phi) is 5.63. The van der Waals surface area contributed by atoms with Gasteiger partial charge in [0.2, 0.25) is 5.91 Å². The molecule has 2 aromatic carbocycles. The number of rotatable bonds is 6. The first-order valence-corrected chi connectivity index (χ1v) is 10.7. The van der Waals surface area contributed by atoms with Gasteiger partial charge in [-0.25, -0.2) is 19.4 Å². The molecule has 3 aromatic heterocycles. The molecule has 0 aliphatic heterocycles. The summed E-state index contributed by atoms with van der Waals surface area (Å²) >= 11 is 0. The van der Waals surface area contributed by atoms with E-state index in [-0.39, 0.29) is 24.0 Å². The minimum atomic E-state index is -0.383. The molecule has 3 N–H and O–H groups in total. The van der Waals surface area contributed by atoms with Gasteiger partial charge >= 0.3 is 5.69 Å². The van der Waals surface area contributed by atoms with Crippen LogP contribution >= 0.6 is 0 Å². The average molecular weight is 468 g/mol. The number of aromatic nitrogens is 6. The van der Waals surface area contributed by atoms with E-state index in [0.717, 1.165) is 16.8 Å². The van der Waals surface area contributed by atoms with Gasteiger partial charge in [-0.1, -0.05) is 12.1 Å². The quantitative estimate of drug-likeness (QED) is 0.348. The van der Waals surface area contributed by atoms with Gasteiger partial charge in [0.15, 0.2) is 5.65 Å². The van der Waals surface area contributed by atoms with Crippen LogP contribution in [0.4, 0.5) is 5.69 Å². The maximum atomic E-state index is 12.7. The van der Waals surface area contributed by atoms with Crippen molar-refractivity contribution >= 4 is 28.7 Å². The number of carbonyl (C=O) groups is 2. The Hall–Kier alpha value is -5.06. The number of aromatic amines is 1. The van der Waals surface area contributed by atoms with Crippen LogP contribution in [0.15, 0.2) is 78.2 Å². The zero-order valence-electron chi connectivity index (χ0n) is 18.6. The summed E-state index contributed by atoms with van der Waals surface area (Å²) in [6.45, 7) is -0.188. The van der Waals surface area contributed by atoms with Crippen LogP contribution in [-0.2, 0) is 11.8 Å². The van der Waals surface area contributed by atoms with E-state index < -0.39 is 0 Å². The van der Waals surface area contributed by atoms with E-state index in [0.29, 0.717) is 22.4 Å². The van der Waals surface area contributed by atoms with Crippen molar-refractivity contribution in [3.8, 4) is 16.8 Å². The first-order chi connectivity index (χ1) is 17.0. The number of H-pyrrole nitrogens is 1. The average Bonchev–Trinajstić information content (AvgIpc) is 3.51. The molecule has 0 fully saturated rings. The van der Waals surface area contributed by atoms with Gasteiger partial charge in [0.25, 0.3) is 5.91 Å². The molecule has 0 saturated carbocycles. The van der Waals surface area contributed by atoms with Crippen molar-refractivity contribution < 1.29 is 9.59 Å². The summed E-state index contributed by atoms with van der Waals surface area (Å²) < 4.78 is 3.08. The summed E-state index contributed by atoms with van der Waals surface area (Å²) in [4.78, 5) is 47.7. The van der Waals surface area contributed by atoms with E-state index in [1.807, 2.05) is 12.1 Å². The van der Waals surface area contributed by atoms with Crippen LogP contribution in [0.5, 0.6) is 0 Å². The first kappa shape index (κ1) is 21.8. The summed E-state index contributed by atoms with van der Waals surface area (Å²) in [6.07, 6.45) is 4.65. The number of imidazole rings is 1. The van der Waals surface area contributed by atoms with Crippen molar-refractivity contribution in [2.24, 2.45) is 7.05 Å². The normalized spacial score (nSPS) is 10.9. The Balaban J connectivity index is 1.22. The highest BCUT2D eigenvalue weighted by molar-refractivity contribution is 6.00. The Bertz CT molecular complexity index is 1580. The highest BCUT2D eigenvalue weighted by atomic mass is 16.2. The van der Waals surface area contributed by atoms with Crippen LogP contribution in [0.25, 0.3) is 28.0 Å². The molecule has 0 aliphatic rings. The van der Waals surface area contributed by atoms with Gasteiger partial charge < -0.3 is 10.6 Å². The van der Waals surface area contributed by atoms with Crippen molar-refractivity contribution in [1.82, 2.24) is 34.6 Å². The number of hydrogen-bond acceptors (Lipinski definition) is 6. The molecule has 11 heteroatoms. The molecule has 0 atom stereocenters. The fourth-order valence-corrected chi connectivity index (χ4v) is 3.60. The molecular weight excluding hydrogens is 448 g/mol. The fourth-order valence-electron chi connectivity index (χ4n) is 3.60. The monoisotopic (exact) mass is 468 g/mol. The van der Waals surface area contributed by atoms with Crippen LogP contribution < -0.4 is 16.3 Å². The number of aryl methyl sites for hydroxylation is 1. The van der Waals surface area contributed by atoms with Crippen molar-refractivity contribution in [2.45, 2.75) is 0 Å². The van der Waals surface area contributed by atoms with Crippen LogP contribution in [0.1, 0.15) is 10.4 Å². The van der Waals surface area contributed by atoms with Gasteiger partial charge in [0.05, 0.1) is 17.7 Å². The highest BCUT2D eigenvalue weighted by Gasteiger charge is 2.11. The summed E-state index contributed by atoms with van der Waals surface area (Å²) in [5, 5.41) is 9.43. The molecule has 11 nitrogen and oxygen atoms in total. The fraction of sp³-hybridized carbons (Fsp3) is 0.0833. The Morgan fingerprint density at radius 1 is 1.06 bits per heavy atom. The van der Waals surface area contributed by atoms with E-state index in [9.17, 15) is 14.4 Å². The molecule has 0 bridgehead atoms. The number of hydrogen-bond donors (Lipinski definition) is 3. The highest BCUT2D eigenvalue weighted by Crippen LogP contribution is 2.22. The van der Waals surface area contributed by atoms with Gasteiger partial charge in [-0.2, -0.15) is 5.10 Å². The lowest BCUT2D eigenvalue weighted by atomic mass is 10.0. The molecule has 0 unspecified atom stereocenters. The first-order valence-electron chi connectivity index (χ1n) is 10.7. The van der Waals surface area contributed by atoms with Crippen molar-refractivity contribution in [3.05, 3.63) is 89.5 Å². The zero-order valence-corrected chi connectivity index (χ0v) is 18.6. The molecule has 0 spiro atoms. The lowest BCUT2D eigenvalue weighted by molar-refractivity contribution is -0.115. The topological polar surface area (TPSA) is 140 Å². The second kappa shape index (κ2) is 9.06. The summed E-state index contributed by atoms with van der Waals surface area (Å²) in [5.41, 5.74) is 4.23. The minimum absolute atomic E-state index is 0.188. The number of carbonyl (C=O) groups excluding carboxylic acids is 2. The van der Waals surface area contributed by atoms with E-state index in [2.05, 4.69) is 30.7 Å². The number of nitrogens with one attached hydrogen (secondary N) is 3. The largest absolute Gasteiger partial charge is 0.343 e. The van der Waals surface area contributed by atoms with Crippen LogP contribution in [0, 0.1) is 0 Å². The number of pyridine rings is 1. The van der Waals surface area contributed by atoms with E-state index in [4.69, 9.17) is 0 Å². The smallest absolute Gasteiger partial charge is 0.327 e. The molecule has 5 rings (SSSR count). The standard InChI is InChI=1S/C24H20N8O3/c1-31-20-10-17(11-26-22(20)30-24(31)35)15-3-2-4-16(9-15)23(34)27-12-21(33)29-18-5-7-19(8-6-18)32-14-25-13-28-32/h2-11,13-14H,12H2,1H3,(H,27,34)(H,29,33)(H,26,30,35). The third kappa shape index (κ3) is 4.55. The molecule has 2 amide bonds. The molecule has 174 valence electrons. The molecule has 0 saturated heterocycles. The van der Waals surface area contributed by atoms with Crippen LogP contribution in [-0.4, -0.2) is 47.7 Å². The molecule has 3 heterocycles. The van der Waals surface area contributed by atoms with Crippen LogP contribution in [0.3, 0.4) is 0 Å². The third-order valence-corrected chi connectivity index (χ3v) is 5.46.